The lowest BCUT2D eigenvalue weighted by Gasteiger charge is -2.34. The maximum Gasteiger partial charge on any atom is 0.223 e. The minimum Gasteiger partial charge on any atom is -0.343 e. The fourth-order valence-corrected chi connectivity index (χ4v) is 3.09. The Morgan fingerprint density at radius 1 is 1.22 bits per heavy atom. The third-order valence-corrected chi connectivity index (χ3v) is 4.48. The van der Waals surface area contributed by atoms with Gasteiger partial charge in [0.2, 0.25) is 5.91 Å². The molecule has 18 heavy (non-hydrogen) atoms. The number of hydrogen-bond acceptors (Lipinski definition) is 3. The van der Waals surface area contributed by atoms with E-state index in [1.807, 2.05) is 4.90 Å². The van der Waals surface area contributed by atoms with Gasteiger partial charge >= 0.3 is 0 Å². The molecule has 1 unspecified atom stereocenters. The predicted octanol–water partition coefficient (Wildman–Crippen LogP) is 1.06. The zero-order chi connectivity index (χ0) is 13.0. The van der Waals surface area contributed by atoms with Crippen LogP contribution in [-0.2, 0) is 4.79 Å². The zero-order valence-electron chi connectivity index (χ0n) is 11.6. The van der Waals surface area contributed by atoms with Crippen LogP contribution in [0.25, 0.3) is 0 Å². The summed E-state index contributed by atoms with van der Waals surface area (Å²) in [6.45, 7) is 7.21. The van der Waals surface area contributed by atoms with E-state index in [-0.39, 0.29) is 6.04 Å². The van der Waals surface area contributed by atoms with Crippen molar-refractivity contribution in [3.8, 4) is 0 Å². The molecule has 2 aliphatic rings. The molecule has 2 rings (SSSR count). The van der Waals surface area contributed by atoms with Crippen molar-refractivity contribution in [2.75, 3.05) is 32.7 Å². The number of nitrogens with two attached hydrogens (primary N) is 1. The summed E-state index contributed by atoms with van der Waals surface area (Å²) in [6, 6.07) is 0.270. The van der Waals surface area contributed by atoms with E-state index < -0.39 is 0 Å². The van der Waals surface area contributed by atoms with Crippen molar-refractivity contribution >= 4 is 5.91 Å². The fraction of sp³-hybridized carbons (Fsp3) is 0.929. The molecule has 2 fully saturated rings. The lowest BCUT2D eigenvalue weighted by molar-refractivity contribution is -0.133. The van der Waals surface area contributed by atoms with Crippen LogP contribution in [0.5, 0.6) is 0 Å². The maximum absolute atomic E-state index is 12.1. The van der Waals surface area contributed by atoms with Crippen LogP contribution >= 0.6 is 0 Å². The van der Waals surface area contributed by atoms with Crippen LogP contribution in [0.2, 0.25) is 0 Å². The summed E-state index contributed by atoms with van der Waals surface area (Å²) in [4.78, 5) is 16.5. The number of carbonyl (C=O) groups excluding carboxylic acids is 1. The van der Waals surface area contributed by atoms with Crippen molar-refractivity contribution < 1.29 is 4.79 Å². The zero-order valence-corrected chi connectivity index (χ0v) is 11.6. The number of rotatable bonds is 4. The Morgan fingerprint density at radius 2 is 1.83 bits per heavy atom. The van der Waals surface area contributed by atoms with E-state index in [2.05, 4.69) is 11.8 Å². The predicted molar refractivity (Wildman–Crippen MR) is 73.2 cm³/mol. The Morgan fingerprint density at radius 3 is 2.39 bits per heavy atom. The average molecular weight is 253 g/mol. The van der Waals surface area contributed by atoms with Crippen LogP contribution in [0.15, 0.2) is 0 Å². The summed E-state index contributed by atoms with van der Waals surface area (Å²) >= 11 is 0. The van der Waals surface area contributed by atoms with Crippen LogP contribution < -0.4 is 5.73 Å². The lowest BCUT2D eigenvalue weighted by Crippen LogP contribution is -2.43. The Bertz CT molecular complexity index is 266. The monoisotopic (exact) mass is 253 g/mol. The van der Waals surface area contributed by atoms with Gasteiger partial charge in [0.15, 0.2) is 0 Å². The molecule has 2 saturated heterocycles. The number of carbonyl (C=O) groups is 1. The highest BCUT2D eigenvalue weighted by Gasteiger charge is 2.25. The van der Waals surface area contributed by atoms with Gasteiger partial charge in [0.05, 0.1) is 0 Å². The van der Waals surface area contributed by atoms with Gasteiger partial charge in [-0.25, -0.2) is 0 Å². The van der Waals surface area contributed by atoms with Gasteiger partial charge in [0.25, 0.3) is 0 Å². The molecule has 0 bridgehead atoms. The van der Waals surface area contributed by atoms with Crippen molar-refractivity contribution in [2.45, 2.75) is 45.1 Å². The normalized spacial score (nSPS) is 24.4. The van der Waals surface area contributed by atoms with Gasteiger partial charge in [-0.3, -0.25) is 4.79 Å². The van der Waals surface area contributed by atoms with E-state index >= 15 is 0 Å². The summed E-state index contributed by atoms with van der Waals surface area (Å²) < 4.78 is 0. The Balaban J connectivity index is 1.67. The smallest absolute Gasteiger partial charge is 0.223 e. The highest BCUT2D eigenvalue weighted by atomic mass is 16.2. The number of likely N-dealkylation sites (tertiary alicyclic amines) is 2. The molecule has 0 spiro atoms. The van der Waals surface area contributed by atoms with Gasteiger partial charge in [-0.1, -0.05) is 0 Å². The first kappa shape index (κ1) is 13.8. The Kier molecular flexibility index (Phi) is 5.01. The highest BCUT2D eigenvalue weighted by Crippen LogP contribution is 2.20. The topological polar surface area (TPSA) is 49.6 Å². The molecule has 4 heteroatoms. The largest absolute Gasteiger partial charge is 0.343 e. The number of hydrogen-bond donors (Lipinski definition) is 1. The molecule has 2 heterocycles. The van der Waals surface area contributed by atoms with E-state index in [9.17, 15) is 4.79 Å². The molecule has 104 valence electrons. The van der Waals surface area contributed by atoms with Crippen LogP contribution in [-0.4, -0.2) is 54.5 Å². The maximum atomic E-state index is 12.1. The van der Waals surface area contributed by atoms with Crippen LogP contribution in [0.3, 0.4) is 0 Å². The molecule has 2 aliphatic heterocycles. The van der Waals surface area contributed by atoms with Crippen molar-refractivity contribution in [3.63, 3.8) is 0 Å². The van der Waals surface area contributed by atoms with Crippen molar-refractivity contribution in [3.05, 3.63) is 0 Å². The minimum atomic E-state index is 0.270. The quantitative estimate of drug-likeness (QED) is 0.815. The summed E-state index contributed by atoms with van der Waals surface area (Å²) in [7, 11) is 0. The van der Waals surface area contributed by atoms with Crippen LogP contribution in [0.1, 0.15) is 39.0 Å². The first-order valence-electron chi connectivity index (χ1n) is 7.42. The lowest BCUT2D eigenvalue weighted by atomic mass is 9.91. The minimum absolute atomic E-state index is 0.270. The Labute approximate surface area is 110 Å². The molecular weight excluding hydrogens is 226 g/mol. The van der Waals surface area contributed by atoms with Gasteiger partial charge in [0, 0.05) is 32.1 Å². The van der Waals surface area contributed by atoms with Crippen molar-refractivity contribution in [2.24, 2.45) is 11.7 Å². The van der Waals surface area contributed by atoms with Gasteiger partial charge in [-0.2, -0.15) is 0 Å². The number of amides is 1. The molecule has 2 N–H and O–H groups in total. The van der Waals surface area contributed by atoms with Crippen molar-refractivity contribution in [1.82, 2.24) is 9.80 Å². The average Bonchev–Trinajstić information content (AvgIpc) is 2.89. The molecule has 0 aromatic heterocycles. The van der Waals surface area contributed by atoms with Crippen LogP contribution in [0.4, 0.5) is 0 Å². The molecule has 0 aromatic carbocycles. The second kappa shape index (κ2) is 6.53. The summed E-state index contributed by atoms with van der Waals surface area (Å²) in [5, 5.41) is 0. The molecule has 0 aliphatic carbocycles. The molecule has 1 amide bonds. The molecule has 0 radical (unpaired) electrons. The molecular formula is C14H27N3O. The van der Waals surface area contributed by atoms with Crippen LogP contribution in [0, 0.1) is 5.92 Å². The van der Waals surface area contributed by atoms with E-state index in [0.717, 1.165) is 32.5 Å². The van der Waals surface area contributed by atoms with E-state index in [4.69, 9.17) is 5.73 Å². The number of nitrogens with zero attached hydrogens (tertiary/aromatic N) is 2. The Hall–Kier alpha value is -0.610. The number of piperidine rings is 1. The molecule has 0 aromatic rings. The molecule has 1 atom stereocenters. The third kappa shape index (κ3) is 3.69. The van der Waals surface area contributed by atoms with E-state index in [1.165, 1.54) is 25.9 Å². The summed E-state index contributed by atoms with van der Waals surface area (Å²) in [5.74, 6) is 0.942. The molecule has 4 nitrogen and oxygen atoms in total. The second-order valence-electron chi connectivity index (χ2n) is 5.88. The van der Waals surface area contributed by atoms with Gasteiger partial charge < -0.3 is 15.5 Å². The molecule has 0 saturated carbocycles. The summed E-state index contributed by atoms with van der Waals surface area (Å²) in [6.07, 6.45) is 5.45. The fourth-order valence-electron chi connectivity index (χ4n) is 3.09. The second-order valence-corrected chi connectivity index (χ2v) is 5.88. The van der Waals surface area contributed by atoms with Gasteiger partial charge in [0.1, 0.15) is 0 Å². The summed E-state index contributed by atoms with van der Waals surface area (Å²) in [5.41, 5.74) is 5.92. The van der Waals surface area contributed by atoms with E-state index in [1.54, 1.807) is 0 Å². The van der Waals surface area contributed by atoms with Gasteiger partial charge in [-0.15, -0.1) is 0 Å². The van der Waals surface area contributed by atoms with Gasteiger partial charge in [-0.05, 0) is 51.6 Å². The first-order chi connectivity index (χ1) is 8.66. The highest BCUT2D eigenvalue weighted by molar-refractivity contribution is 5.76. The first-order valence-corrected chi connectivity index (χ1v) is 7.42. The third-order valence-electron chi connectivity index (χ3n) is 4.48. The SMILES string of the molecule is CC(N)C1CCN(C(=O)CCN2CCCC2)CC1. The van der Waals surface area contributed by atoms with Crippen molar-refractivity contribution in [1.29, 1.82) is 0 Å². The van der Waals surface area contributed by atoms with E-state index in [0.29, 0.717) is 18.2 Å². The standard InChI is InChI=1S/C14H27N3O/c1-12(15)13-4-10-17(11-5-13)14(18)6-9-16-7-2-3-8-16/h12-13H,2-11,15H2,1H3.